The molecule has 0 aromatic heterocycles. The first-order chi connectivity index (χ1) is 14.0. The highest BCUT2D eigenvalue weighted by Gasteiger charge is 2.25. The average molecular weight is 419 g/mol. The summed E-state index contributed by atoms with van der Waals surface area (Å²) >= 11 is 1.52. The number of rotatable bonds is 8. The van der Waals surface area contributed by atoms with Gasteiger partial charge in [-0.25, -0.2) is 5.43 Å². The highest BCUT2D eigenvalue weighted by atomic mass is 32.2. The van der Waals surface area contributed by atoms with E-state index in [0.717, 1.165) is 29.1 Å². The lowest BCUT2D eigenvalue weighted by atomic mass is 10.2. The van der Waals surface area contributed by atoms with Gasteiger partial charge in [0.25, 0.3) is 5.91 Å². The summed E-state index contributed by atoms with van der Waals surface area (Å²) in [6.45, 7) is 0. The fraction of sp³-hybridized carbons (Fsp3) is 0.381. The van der Waals surface area contributed by atoms with Crippen LogP contribution >= 0.6 is 11.8 Å². The van der Waals surface area contributed by atoms with Crippen LogP contribution in [-0.4, -0.2) is 44.5 Å². The predicted molar refractivity (Wildman–Crippen MR) is 111 cm³/mol. The minimum atomic E-state index is -0.410. The first kappa shape index (κ1) is 21.3. The minimum Gasteiger partial charge on any atom is -0.493 e. The van der Waals surface area contributed by atoms with Crippen molar-refractivity contribution in [2.75, 3.05) is 21.3 Å². The van der Waals surface area contributed by atoms with Gasteiger partial charge in [-0.1, -0.05) is 11.8 Å². The van der Waals surface area contributed by atoms with Crippen molar-refractivity contribution in [3.63, 3.8) is 0 Å². The number of nitrogens with one attached hydrogen (secondary N) is 2. The molecule has 2 aromatic rings. The fourth-order valence-corrected chi connectivity index (χ4v) is 4.14. The van der Waals surface area contributed by atoms with Crippen molar-refractivity contribution in [3.05, 3.63) is 42.0 Å². The van der Waals surface area contributed by atoms with E-state index in [1.54, 1.807) is 33.5 Å². The maximum atomic E-state index is 12.3. The van der Waals surface area contributed by atoms with Gasteiger partial charge in [-0.3, -0.25) is 10.2 Å². The van der Waals surface area contributed by atoms with E-state index < -0.39 is 6.10 Å². The SMILES string of the molecule is COc1cc(Sc2ccc(C(=O)NNC3CCCC3O)cc2)cc(OC)c1OC. The van der Waals surface area contributed by atoms with Crippen molar-refractivity contribution >= 4 is 17.7 Å². The Morgan fingerprint density at radius 1 is 1.00 bits per heavy atom. The molecule has 3 N–H and O–H groups in total. The van der Waals surface area contributed by atoms with Crippen molar-refractivity contribution in [2.45, 2.75) is 41.2 Å². The number of aliphatic hydroxyl groups is 1. The molecule has 1 aliphatic carbocycles. The van der Waals surface area contributed by atoms with Gasteiger partial charge in [0.1, 0.15) is 0 Å². The van der Waals surface area contributed by atoms with Crippen LogP contribution < -0.4 is 25.1 Å². The van der Waals surface area contributed by atoms with Gasteiger partial charge in [-0.15, -0.1) is 0 Å². The van der Waals surface area contributed by atoms with E-state index in [0.29, 0.717) is 22.8 Å². The second kappa shape index (κ2) is 9.87. The largest absolute Gasteiger partial charge is 0.493 e. The Hall–Kier alpha value is -2.42. The Bertz CT molecular complexity index is 818. The summed E-state index contributed by atoms with van der Waals surface area (Å²) < 4.78 is 16.1. The zero-order valence-corrected chi connectivity index (χ0v) is 17.5. The van der Waals surface area contributed by atoms with Crippen LogP contribution in [0.25, 0.3) is 0 Å². The molecule has 3 rings (SSSR count). The summed E-state index contributed by atoms with van der Waals surface area (Å²) in [7, 11) is 4.73. The maximum absolute atomic E-state index is 12.3. The maximum Gasteiger partial charge on any atom is 0.265 e. The molecular weight excluding hydrogens is 392 g/mol. The Morgan fingerprint density at radius 3 is 2.17 bits per heavy atom. The van der Waals surface area contributed by atoms with Gasteiger partial charge in [0.2, 0.25) is 5.75 Å². The molecule has 0 bridgehead atoms. The molecule has 0 aliphatic heterocycles. The van der Waals surface area contributed by atoms with E-state index in [9.17, 15) is 9.90 Å². The lowest BCUT2D eigenvalue weighted by Crippen LogP contribution is -2.47. The number of aliphatic hydroxyl groups excluding tert-OH is 1. The number of carbonyl (C=O) groups excluding carboxylic acids is 1. The van der Waals surface area contributed by atoms with Gasteiger partial charge in [-0.05, 0) is 55.7 Å². The van der Waals surface area contributed by atoms with Gasteiger partial charge in [0.05, 0.1) is 33.5 Å². The smallest absolute Gasteiger partial charge is 0.265 e. The first-order valence-corrected chi connectivity index (χ1v) is 10.2. The van der Waals surface area contributed by atoms with Crippen LogP contribution in [0, 0.1) is 0 Å². The lowest BCUT2D eigenvalue weighted by Gasteiger charge is -2.17. The van der Waals surface area contributed by atoms with Crippen LogP contribution in [0.2, 0.25) is 0 Å². The molecule has 0 heterocycles. The topological polar surface area (TPSA) is 89.1 Å². The molecule has 1 aliphatic rings. The molecule has 2 unspecified atom stereocenters. The normalized spacial score (nSPS) is 18.3. The zero-order valence-electron chi connectivity index (χ0n) is 16.7. The monoisotopic (exact) mass is 418 g/mol. The Kier molecular flexibility index (Phi) is 7.24. The summed E-state index contributed by atoms with van der Waals surface area (Å²) in [6.07, 6.45) is 2.17. The van der Waals surface area contributed by atoms with Crippen LogP contribution in [0.5, 0.6) is 17.2 Å². The van der Waals surface area contributed by atoms with Crippen LogP contribution in [0.1, 0.15) is 29.6 Å². The zero-order chi connectivity index (χ0) is 20.8. The van der Waals surface area contributed by atoms with E-state index in [4.69, 9.17) is 14.2 Å². The third kappa shape index (κ3) is 5.14. The Labute approximate surface area is 174 Å². The molecular formula is C21H26N2O5S. The minimum absolute atomic E-state index is 0.0891. The average Bonchev–Trinajstić information content (AvgIpc) is 3.16. The van der Waals surface area contributed by atoms with Crippen LogP contribution in [0.3, 0.4) is 0 Å². The number of methoxy groups -OCH3 is 3. The van der Waals surface area contributed by atoms with Gasteiger partial charge in [0, 0.05) is 15.4 Å². The molecule has 2 atom stereocenters. The number of hydrogen-bond donors (Lipinski definition) is 3. The van der Waals surface area contributed by atoms with Crippen molar-refractivity contribution in [2.24, 2.45) is 0 Å². The molecule has 1 fully saturated rings. The molecule has 0 saturated heterocycles. The number of carbonyl (C=O) groups is 1. The van der Waals surface area contributed by atoms with Crippen LogP contribution in [0.4, 0.5) is 0 Å². The van der Waals surface area contributed by atoms with Crippen LogP contribution in [-0.2, 0) is 0 Å². The number of benzene rings is 2. The van der Waals surface area contributed by atoms with Crippen molar-refractivity contribution < 1.29 is 24.1 Å². The summed E-state index contributed by atoms with van der Waals surface area (Å²) in [6, 6.07) is 11.0. The quantitative estimate of drug-likeness (QED) is 0.568. The van der Waals surface area contributed by atoms with E-state index in [1.807, 2.05) is 24.3 Å². The molecule has 8 heteroatoms. The molecule has 0 radical (unpaired) electrons. The highest BCUT2D eigenvalue weighted by Crippen LogP contribution is 2.42. The predicted octanol–water partition coefficient (Wildman–Crippen LogP) is 3.01. The van der Waals surface area contributed by atoms with E-state index in [1.165, 1.54) is 11.8 Å². The highest BCUT2D eigenvalue weighted by molar-refractivity contribution is 7.99. The molecule has 7 nitrogen and oxygen atoms in total. The summed E-state index contributed by atoms with van der Waals surface area (Å²) in [5.41, 5.74) is 6.15. The van der Waals surface area contributed by atoms with E-state index >= 15 is 0 Å². The van der Waals surface area contributed by atoms with Gasteiger partial charge in [-0.2, -0.15) is 0 Å². The molecule has 1 saturated carbocycles. The summed E-state index contributed by atoms with van der Waals surface area (Å²) in [4.78, 5) is 14.2. The Morgan fingerprint density at radius 2 is 1.66 bits per heavy atom. The second-order valence-electron chi connectivity index (χ2n) is 6.69. The molecule has 0 spiro atoms. The second-order valence-corrected chi connectivity index (χ2v) is 7.84. The summed E-state index contributed by atoms with van der Waals surface area (Å²) in [5.74, 6) is 1.50. The van der Waals surface area contributed by atoms with Gasteiger partial charge < -0.3 is 19.3 Å². The number of hydrazine groups is 1. The third-order valence-corrected chi connectivity index (χ3v) is 5.82. The fourth-order valence-electron chi connectivity index (χ4n) is 3.27. The third-order valence-electron chi connectivity index (χ3n) is 4.84. The number of amides is 1. The number of hydrogen-bond acceptors (Lipinski definition) is 7. The van der Waals surface area contributed by atoms with Crippen molar-refractivity contribution in [1.82, 2.24) is 10.9 Å². The molecule has 2 aromatic carbocycles. The van der Waals surface area contributed by atoms with Gasteiger partial charge in [0.15, 0.2) is 11.5 Å². The summed E-state index contributed by atoms with van der Waals surface area (Å²) in [5, 5.41) is 9.81. The lowest BCUT2D eigenvalue weighted by molar-refractivity contribution is 0.0891. The standard InChI is InChI=1S/C21H26N2O5S/c1-26-18-11-15(12-19(27-2)20(18)28-3)29-14-9-7-13(8-10-14)21(25)23-22-16-5-4-6-17(16)24/h7-12,16-17,22,24H,4-6H2,1-3H3,(H,23,25). The van der Waals surface area contributed by atoms with E-state index in [2.05, 4.69) is 10.9 Å². The van der Waals surface area contributed by atoms with Gasteiger partial charge >= 0.3 is 0 Å². The van der Waals surface area contributed by atoms with Crippen molar-refractivity contribution in [1.29, 1.82) is 0 Å². The molecule has 29 heavy (non-hydrogen) atoms. The molecule has 156 valence electrons. The first-order valence-electron chi connectivity index (χ1n) is 9.37. The number of ether oxygens (including phenoxy) is 3. The van der Waals surface area contributed by atoms with Crippen molar-refractivity contribution in [3.8, 4) is 17.2 Å². The van der Waals surface area contributed by atoms with Crippen LogP contribution in [0.15, 0.2) is 46.2 Å². The molecule has 1 amide bonds. The van der Waals surface area contributed by atoms with E-state index in [-0.39, 0.29) is 11.9 Å². The Balaban J connectivity index is 1.65.